The van der Waals surface area contributed by atoms with Crippen LogP contribution in [0.2, 0.25) is 0 Å². The first-order valence-electron chi connectivity index (χ1n) is 3.22. The number of nitrogens with one attached hydrogen (secondary N) is 1. The van der Waals surface area contributed by atoms with Gasteiger partial charge in [-0.1, -0.05) is 5.57 Å². The van der Waals surface area contributed by atoms with Crippen molar-refractivity contribution in [2.45, 2.75) is 12.8 Å². The van der Waals surface area contributed by atoms with Crippen molar-refractivity contribution in [2.75, 3.05) is 13.1 Å². The summed E-state index contributed by atoms with van der Waals surface area (Å²) in [6.07, 6.45) is 3.77. The van der Waals surface area contributed by atoms with Crippen LogP contribution in [0.5, 0.6) is 0 Å². The summed E-state index contributed by atoms with van der Waals surface area (Å²) in [6.45, 7) is 2.07. The molecule has 0 bridgehead atoms. The van der Waals surface area contributed by atoms with Crippen LogP contribution in [0.1, 0.15) is 12.8 Å². The standard InChI is InChI=1S/C7H10N2.2ClH/c8-4-1-7-2-5-9-6-3-7;;/h1,9H,2-3,5-6H2;2*1H. The highest BCUT2D eigenvalue weighted by molar-refractivity contribution is 5.85. The molecule has 0 amide bonds. The molecule has 1 N–H and O–H groups in total. The van der Waals surface area contributed by atoms with Crippen molar-refractivity contribution in [1.82, 2.24) is 5.32 Å². The van der Waals surface area contributed by atoms with Crippen LogP contribution >= 0.6 is 24.8 Å². The van der Waals surface area contributed by atoms with Crippen molar-refractivity contribution in [2.24, 2.45) is 0 Å². The Kier molecular flexibility index (Phi) is 9.57. The topological polar surface area (TPSA) is 35.8 Å². The number of halogens is 2. The van der Waals surface area contributed by atoms with Crippen LogP contribution in [0, 0.1) is 11.3 Å². The molecule has 1 fully saturated rings. The lowest BCUT2D eigenvalue weighted by Crippen LogP contribution is -2.22. The SMILES string of the molecule is Cl.Cl.N#CC=C1CCNCC1. The number of hydrogen-bond acceptors (Lipinski definition) is 2. The van der Waals surface area contributed by atoms with E-state index in [1.165, 1.54) is 5.57 Å². The molecule has 0 aromatic heterocycles. The first-order chi connectivity index (χ1) is 4.43. The summed E-state index contributed by atoms with van der Waals surface area (Å²) in [5.74, 6) is 0. The van der Waals surface area contributed by atoms with Crippen LogP contribution in [-0.2, 0) is 0 Å². The number of nitriles is 1. The molecule has 64 valence electrons. The summed E-state index contributed by atoms with van der Waals surface area (Å²) in [6, 6.07) is 2.05. The normalized spacial score (nSPS) is 15.4. The van der Waals surface area contributed by atoms with Crippen LogP contribution in [0.25, 0.3) is 0 Å². The van der Waals surface area contributed by atoms with Crippen molar-refractivity contribution in [3.63, 3.8) is 0 Å². The first kappa shape index (κ1) is 13.4. The highest BCUT2D eigenvalue weighted by Gasteiger charge is 2.02. The van der Waals surface area contributed by atoms with Gasteiger partial charge in [0.25, 0.3) is 0 Å². The molecule has 0 aliphatic carbocycles. The van der Waals surface area contributed by atoms with E-state index in [0.29, 0.717) is 0 Å². The molecule has 0 spiro atoms. The lowest BCUT2D eigenvalue weighted by atomic mass is 10.1. The monoisotopic (exact) mass is 194 g/mol. The molecule has 1 aliphatic heterocycles. The van der Waals surface area contributed by atoms with E-state index in [4.69, 9.17) is 5.26 Å². The van der Waals surface area contributed by atoms with Crippen molar-refractivity contribution < 1.29 is 0 Å². The summed E-state index contributed by atoms with van der Waals surface area (Å²) in [4.78, 5) is 0. The van der Waals surface area contributed by atoms with Gasteiger partial charge in [0.2, 0.25) is 0 Å². The van der Waals surface area contributed by atoms with Gasteiger partial charge >= 0.3 is 0 Å². The van der Waals surface area contributed by atoms with E-state index in [9.17, 15) is 0 Å². The molecule has 0 unspecified atom stereocenters. The Morgan fingerprint density at radius 3 is 2.27 bits per heavy atom. The minimum absolute atomic E-state index is 0. The molecule has 4 heteroatoms. The van der Waals surface area contributed by atoms with Crippen molar-refractivity contribution in [3.8, 4) is 6.07 Å². The zero-order chi connectivity index (χ0) is 6.53. The van der Waals surface area contributed by atoms with Gasteiger partial charge in [0.15, 0.2) is 0 Å². The third-order valence-electron chi connectivity index (χ3n) is 1.51. The van der Waals surface area contributed by atoms with Crippen LogP contribution in [0.15, 0.2) is 11.6 Å². The lowest BCUT2D eigenvalue weighted by molar-refractivity contribution is 0.610. The molecule has 0 saturated carbocycles. The average Bonchev–Trinajstić information content (AvgIpc) is 1.91. The number of hydrogen-bond donors (Lipinski definition) is 1. The number of allylic oxidation sites excluding steroid dienone is 1. The molecule has 0 radical (unpaired) electrons. The number of piperidine rings is 1. The molecule has 1 aliphatic rings. The Labute approximate surface area is 79.5 Å². The number of rotatable bonds is 0. The zero-order valence-corrected chi connectivity index (χ0v) is 7.80. The Hall–Kier alpha value is -0.230. The largest absolute Gasteiger partial charge is 0.316 e. The maximum atomic E-state index is 8.27. The Morgan fingerprint density at radius 2 is 1.82 bits per heavy atom. The third kappa shape index (κ3) is 5.09. The summed E-state index contributed by atoms with van der Waals surface area (Å²) in [7, 11) is 0. The van der Waals surface area contributed by atoms with E-state index in [1.807, 2.05) is 6.07 Å². The molecular weight excluding hydrogens is 183 g/mol. The van der Waals surface area contributed by atoms with Gasteiger partial charge in [-0.05, 0) is 25.9 Å². The molecule has 0 aromatic carbocycles. The summed E-state index contributed by atoms with van der Waals surface area (Å²) in [5.41, 5.74) is 1.29. The van der Waals surface area contributed by atoms with Crippen LogP contribution in [-0.4, -0.2) is 13.1 Å². The van der Waals surface area contributed by atoms with Crippen molar-refractivity contribution in [1.29, 1.82) is 5.26 Å². The van der Waals surface area contributed by atoms with Crippen LogP contribution < -0.4 is 5.32 Å². The van der Waals surface area contributed by atoms with Gasteiger partial charge in [0.05, 0.1) is 6.07 Å². The van der Waals surface area contributed by atoms with Gasteiger partial charge in [-0.25, -0.2) is 0 Å². The van der Waals surface area contributed by atoms with E-state index in [-0.39, 0.29) is 24.8 Å². The van der Waals surface area contributed by atoms with Gasteiger partial charge in [0.1, 0.15) is 0 Å². The predicted molar refractivity (Wildman–Crippen MR) is 50.3 cm³/mol. The smallest absolute Gasteiger partial charge is 0.0911 e. The van der Waals surface area contributed by atoms with Gasteiger partial charge in [0, 0.05) is 6.08 Å². The van der Waals surface area contributed by atoms with Gasteiger partial charge < -0.3 is 5.32 Å². The zero-order valence-electron chi connectivity index (χ0n) is 6.17. The quantitative estimate of drug-likeness (QED) is 0.596. The number of nitrogens with zero attached hydrogens (tertiary/aromatic N) is 1. The highest BCUT2D eigenvalue weighted by Crippen LogP contribution is 2.08. The van der Waals surface area contributed by atoms with Gasteiger partial charge in [-0.2, -0.15) is 5.26 Å². The second-order valence-corrected chi connectivity index (χ2v) is 2.18. The Morgan fingerprint density at radius 1 is 1.27 bits per heavy atom. The van der Waals surface area contributed by atoms with E-state index < -0.39 is 0 Å². The van der Waals surface area contributed by atoms with Crippen molar-refractivity contribution >= 4 is 24.8 Å². The molecule has 1 rings (SSSR count). The second kappa shape index (κ2) is 7.87. The van der Waals surface area contributed by atoms with E-state index in [1.54, 1.807) is 6.08 Å². The fourth-order valence-corrected chi connectivity index (χ4v) is 0.984. The highest BCUT2D eigenvalue weighted by atomic mass is 35.5. The predicted octanol–water partition coefficient (Wildman–Crippen LogP) is 1.66. The fourth-order valence-electron chi connectivity index (χ4n) is 0.984. The van der Waals surface area contributed by atoms with Crippen LogP contribution in [0.3, 0.4) is 0 Å². The summed E-state index contributed by atoms with van der Waals surface area (Å²) >= 11 is 0. The van der Waals surface area contributed by atoms with E-state index >= 15 is 0 Å². The molecular formula is C7H12Cl2N2. The molecule has 1 saturated heterocycles. The van der Waals surface area contributed by atoms with E-state index in [2.05, 4.69) is 5.32 Å². The minimum Gasteiger partial charge on any atom is -0.316 e. The van der Waals surface area contributed by atoms with Crippen LogP contribution in [0.4, 0.5) is 0 Å². The Balaban J connectivity index is 0. The first-order valence-corrected chi connectivity index (χ1v) is 3.22. The second-order valence-electron chi connectivity index (χ2n) is 2.18. The molecule has 0 aromatic rings. The maximum Gasteiger partial charge on any atom is 0.0911 e. The molecule has 0 atom stereocenters. The Bertz CT molecular complexity index is 152. The molecule has 1 heterocycles. The van der Waals surface area contributed by atoms with Gasteiger partial charge in [-0.15, -0.1) is 24.8 Å². The minimum atomic E-state index is 0. The average molecular weight is 195 g/mol. The van der Waals surface area contributed by atoms with Gasteiger partial charge in [-0.3, -0.25) is 0 Å². The molecule has 11 heavy (non-hydrogen) atoms. The molecule has 2 nitrogen and oxygen atoms in total. The maximum absolute atomic E-state index is 8.27. The van der Waals surface area contributed by atoms with Crippen molar-refractivity contribution in [3.05, 3.63) is 11.6 Å². The third-order valence-corrected chi connectivity index (χ3v) is 1.51. The summed E-state index contributed by atoms with van der Waals surface area (Å²) < 4.78 is 0. The fraction of sp³-hybridized carbons (Fsp3) is 0.571. The lowest BCUT2D eigenvalue weighted by Gasteiger charge is -2.13. The summed E-state index contributed by atoms with van der Waals surface area (Å²) in [5, 5.41) is 11.5. The van der Waals surface area contributed by atoms with E-state index in [0.717, 1.165) is 25.9 Å².